The second-order valence-corrected chi connectivity index (χ2v) is 7.84. The largest absolute Gasteiger partial charge is 0.396 e. The molecule has 0 spiro atoms. The van der Waals surface area contributed by atoms with Gasteiger partial charge in [-0.05, 0) is 59.4 Å². The van der Waals surface area contributed by atoms with E-state index in [2.05, 4.69) is 10.3 Å². The maximum Gasteiger partial charge on any atom is 0.227 e. The summed E-state index contributed by atoms with van der Waals surface area (Å²) in [6.45, 7) is -0.129. The van der Waals surface area contributed by atoms with Gasteiger partial charge in [0.1, 0.15) is 11.6 Å². The van der Waals surface area contributed by atoms with Crippen molar-refractivity contribution in [3.8, 4) is 11.3 Å². The quantitative estimate of drug-likeness (QED) is 0.447. The fourth-order valence-corrected chi connectivity index (χ4v) is 4.32. The minimum Gasteiger partial charge on any atom is -0.396 e. The highest BCUT2D eigenvalue weighted by molar-refractivity contribution is 5.73. The van der Waals surface area contributed by atoms with Crippen molar-refractivity contribution >= 4 is 11.6 Å². The Morgan fingerprint density at radius 2 is 1.72 bits per heavy atom. The van der Waals surface area contributed by atoms with Crippen LogP contribution in [-0.2, 0) is 12.8 Å². The summed E-state index contributed by atoms with van der Waals surface area (Å²) in [6.07, 6.45) is 2.61. The number of rotatable bonds is 5. The Morgan fingerprint density at radius 1 is 0.938 bits per heavy atom. The zero-order valence-electron chi connectivity index (χ0n) is 17.2. The highest BCUT2D eigenvalue weighted by Gasteiger charge is 2.28. The van der Waals surface area contributed by atoms with E-state index in [4.69, 9.17) is 10.1 Å². The van der Waals surface area contributed by atoms with E-state index in [1.807, 2.05) is 36.4 Å². The first kappa shape index (κ1) is 20.3. The number of hydrogen-bond donors (Lipinski definition) is 2. The molecule has 1 aliphatic rings. The normalized spacial score (nSPS) is 14.5. The van der Waals surface area contributed by atoms with Crippen LogP contribution in [0.5, 0.6) is 0 Å². The molecular weight excluding hydrogens is 408 g/mol. The average molecular weight is 429 g/mol. The van der Waals surface area contributed by atoms with Crippen LogP contribution < -0.4 is 5.32 Å². The SMILES string of the molecule is OCCc1cc(Nc2ncc3c(n2)-c2ccccc2C(c2ccccc2F)C3)ccc1F. The second kappa shape index (κ2) is 8.48. The zero-order valence-corrected chi connectivity index (χ0v) is 17.2. The predicted octanol–water partition coefficient (Wildman–Crippen LogP) is 5.39. The van der Waals surface area contributed by atoms with Gasteiger partial charge in [-0.25, -0.2) is 18.7 Å². The maximum atomic E-state index is 14.6. The van der Waals surface area contributed by atoms with E-state index >= 15 is 0 Å². The number of aliphatic hydroxyl groups is 1. The van der Waals surface area contributed by atoms with Gasteiger partial charge in [0.05, 0.1) is 5.69 Å². The van der Waals surface area contributed by atoms with Crippen LogP contribution in [0.15, 0.2) is 72.9 Å². The van der Waals surface area contributed by atoms with E-state index < -0.39 is 0 Å². The first-order chi connectivity index (χ1) is 15.6. The van der Waals surface area contributed by atoms with Crippen molar-refractivity contribution in [2.45, 2.75) is 18.8 Å². The summed E-state index contributed by atoms with van der Waals surface area (Å²) in [7, 11) is 0. The molecule has 0 saturated heterocycles. The van der Waals surface area contributed by atoms with Gasteiger partial charge in [-0.15, -0.1) is 0 Å². The third-order valence-electron chi connectivity index (χ3n) is 5.84. The first-order valence-corrected chi connectivity index (χ1v) is 10.5. The molecule has 1 atom stereocenters. The Bertz CT molecular complexity index is 1290. The number of benzene rings is 3. The molecule has 1 aromatic heterocycles. The summed E-state index contributed by atoms with van der Waals surface area (Å²) in [6, 6.07) is 19.4. The molecule has 4 nitrogen and oxygen atoms in total. The highest BCUT2D eigenvalue weighted by atomic mass is 19.1. The molecule has 0 amide bonds. The van der Waals surface area contributed by atoms with Crippen molar-refractivity contribution in [1.82, 2.24) is 9.97 Å². The summed E-state index contributed by atoms with van der Waals surface area (Å²) >= 11 is 0. The van der Waals surface area contributed by atoms with Gasteiger partial charge < -0.3 is 10.4 Å². The van der Waals surface area contributed by atoms with E-state index in [1.165, 1.54) is 12.1 Å². The Labute approximate surface area is 184 Å². The van der Waals surface area contributed by atoms with E-state index in [1.54, 1.807) is 24.4 Å². The van der Waals surface area contributed by atoms with Crippen LogP contribution in [-0.4, -0.2) is 21.7 Å². The molecule has 4 aromatic rings. The third-order valence-corrected chi connectivity index (χ3v) is 5.84. The third kappa shape index (κ3) is 3.74. The summed E-state index contributed by atoms with van der Waals surface area (Å²) in [5.41, 5.74) is 5.47. The van der Waals surface area contributed by atoms with Crippen LogP contribution in [0, 0.1) is 11.6 Å². The van der Waals surface area contributed by atoms with Gasteiger partial charge in [-0.1, -0.05) is 42.5 Å². The second-order valence-electron chi connectivity index (χ2n) is 7.84. The monoisotopic (exact) mass is 429 g/mol. The number of aliphatic hydroxyl groups excluding tert-OH is 1. The molecule has 0 fully saturated rings. The minimum atomic E-state index is -0.357. The lowest BCUT2D eigenvalue weighted by molar-refractivity contribution is 0.297. The summed E-state index contributed by atoms with van der Waals surface area (Å²) in [5, 5.41) is 12.3. The number of anilines is 2. The molecule has 1 aliphatic carbocycles. The van der Waals surface area contributed by atoms with Crippen molar-refractivity contribution in [2.24, 2.45) is 0 Å². The molecule has 2 N–H and O–H groups in total. The van der Waals surface area contributed by atoms with Crippen LogP contribution in [0.2, 0.25) is 0 Å². The number of hydrogen-bond acceptors (Lipinski definition) is 4. The Kier molecular flexibility index (Phi) is 5.37. The smallest absolute Gasteiger partial charge is 0.227 e. The molecule has 3 aromatic carbocycles. The molecule has 0 radical (unpaired) electrons. The van der Waals surface area contributed by atoms with Gasteiger partial charge in [-0.2, -0.15) is 0 Å². The van der Waals surface area contributed by atoms with Crippen LogP contribution >= 0.6 is 0 Å². The van der Waals surface area contributed by atoms with Gasteiger partial charge >= 0.3 is 0 Å². The van der Waals surface area contributed by atoms with Gasteiger partial charge in [0, 0.05) is 30.0 Å². The Hall–Kier alpha value is -3.64. The molecule has 0 aliphatic heterocycles. The molecule has 0 saturated carbocycles. The molecule has 32 heavy (non-hydrogen) atoms. The fourth-order valence-electron chi connectivity index (χ4n) is 4.32. The minimum absolute atomic E-state index is 0.111. The van der Waals surface area contributed by atoms with Crippen molar-refractivity contribution in [3.63, 3.8) is 0 Å². The lowest BCUT2D eigenvalue weighted by Gasteiger charge is -2.27. The summed E-state index contributed by atoms with van der Waals surface area (Å²) < 4.78 is 28.5. The fraction of sp³-hybridized carbons (Fsp3) is 0.154. The Morgan fingerprint density at radius 3 is 2.53 bits per heavy atom. The zero-order chi connectivity index (χ0) is 22.1. The summed E-state index contributed by atoms with van der Waals surface area (Å²) in [4.78, 5) is 9.19. The Balaban J connectivity index is 1.51. The van der Waals surface area contributed by atoms with Crippen LogP contribution in [0.1, 0.15) is 28.2 Å². The maximum absolute atomic E-state index is 14.6. The predicted molar refractivity (Wildman–Crippen MR) is 120 cm³/mol. The first-order valence-electron chi connectivity index (χ1n) is 10.5. The molecular formula is C26H21F2N3O. The molecule has 0 bridgehead atoms. The number of nitrogens with one attached hydrogen (secondary N) is 1. The van der Waals surface area contributed by atoms with Crippen LogP contribution in [0.4, 0.5) is 20.4 Å². The van der Waals surface area contributed by atoms with E-state index in [-0.39, 0.29) is 30.6 Å². The average Bonchev–Trinajstić information content (AvgIpc) is 2.81. The van der Waals surface area contributed by atoms with E-state index in [0.29, 0.717) is 29.2 Å². The number of aromatic nitrogens is 2. The van der Waals surface area contributed by atoms with Crippen molar-refractivity contribution in [3.05, 3.63) is 107 Å². The van der Waals surface area contributed by atoms with Gasteiger partial charge in [0.25, 0.3) is 0 Å². The van der Waals surface area contributed by atoms with Crippen LogP contribution in [0.3, 0.4) is 0 Å². The van der Waals surface area contributed by atoms with Crippen molar-refractivity contribution in [2.75, 3.05) is 11.9 Å². The molecule has 1 heterocycles. The lowest BCUT2D eigenvalue weighted by Crippen LogP contribution is -2.16. The topological polar surface area (TPSA) is 58.0 Å². The number of fused-ring (bicyclic) bond motifs is 3. The highest BCUT2D eigenvalue weighted by Crippen LogP contribution is 2.42. The van der Waals surface area contributed by atoms with Crippen molar-refractivity contribution in [1.29, 1.82) is 0 Å². The molecule has 5 rings (SSSR count). The van der Waals surface area contributed by atoms with Gasteiger partial charge in [-0.3, -0.25) is 0 Å². The number of halogens is 2. The molecule has 1 unspecified atom stereocenters. The number of nitrogens with zero attached hydrogens (tertiary/aromatic N) is 2. The summed E-state index contributed by atoms with van der Waals surface area (Å²) in [5.74, 6) is -0.293. The lowest BCUT2D eigenvalue weighted by atomic mass is 9.78. The molecule has 160 valence electrons. The van der Waals surface area contributed by atoms with Gasteiger partial charge in [0.15, 0.2) is 0 Å². The van der Waals surface area contributed by atoms with Crippen molar-refractivity contribution < 1.29 is 13.9 Å². The van der Waals surface area contributed by atoms with Crippen LogP contribution in [0.25, 0.3) is 11.3 Å². The van der Waals surface area contributed by atoms with E-state index in [9.17, 15) is 8.78 Å². The van der Waals surface area contributed by atoms with Gasteiger partial charge in [0.2, 0.25) is 5.95 Å². The standard InChI is InChI=1S/C26H21F2N3O/c27-23-10-9-18(13-16(23)11-12-32)30-26-29-15-17-14-22(20-6-3-4-8-24(20)28)19-5-1-2-7-21(19)25(17)31-26/h1-10,13,15,22,32H,11-12,14H2,(H,29,30,31). The molecule has 6 heteroatoms. The van der Waals surface area contributed by atoms with E-state index in [0.717, 1.165) is 22.4 Å².